The SMILES string of the molecule is COC(=O)C1=C([AsH2])N=CC(c2cccc(CCl)c2)N1C. The molecule has 6 heteroatoms. The molecule has 0 fully saturated rings. The predicted octanol–water partition coefficient (Wildman–Crippen LogP) is 1.46. The first kappa shape index (κ1) is 15.1. The van der Waals surface area contributed by atoms with Crippen LogP contribution in [0.1, 0.15) is 17.2 Å². The normalized spacial score (nSPS) is 18.4. The van der Waals surface area contributed by atoms with Gasteiger partial charge in [-0.05, 0) is 0 Å². The number of nitrogens with zero attached hydrogens (tertiary/aromatic N) is 2. The molecule has 0 saturated heterocycles. The van der Waals surface area contributed by atoms with Gasteiger partial charge in [0.2, 0.25) is 0 Å². The van der Waals surface area contributed by atoms with Crippen LogP contribution in [0.2, 0.25) is 0 Å². The van der Waals surface area contributed by atoms with Gasteiger partial charge in [-0.15, -0.1) is 0 Å². The van der Waals surface area contributed by atoms with Gasteiger partial charge in [-0.1, -0.05) is 0 Å². The first-order valence-electron chi connectivity index (χ1n) is 6.08. The molecule has 2 rings (SSSR count). The van der Waals surface area contributed by atoms with Crippen LogP contribution in [0.5, 0.6) is 0 Å². The van der Waals surface area contributed by atoms with Crippen LogP contribution in [0.3, 0.4) is 0 Å². The molecule has 0 spiro atoms. The summed E-state index contributed by atoms with van der Waals surface area (Å²) in [6, 6.07) is 7.88. The molecule has 1 heterocycles. The molecule has 0 amide bonds. The Morgan fingerprint density at radius 1 is 1.55 bits per heavy atom. The first-order chi connectivity index (χ1) is 9.58. The van der Waals surface area contributed by atoms with E-state index in [1.165, 1.54) is 24.0 Å². The Bertz CT molecular complexity index is 586. The van der Waals surface area contributed by atoms with Gasteiger partial charge in [0.25, 0.3) is 0 Å². The molecule has 0 aromatic heterocycles. The number of aliphatic imine (C=N–C) groups is 1. The summed E-state index contributed by atoms with van der Waals surface area (Å²) >= 11 is 7.17. The van der Waals surface area contributed by atoms with Gasteiger partial charge < -0.3 is 0 Å². The van der Waals surface area contributed by atoms with Crippen molar-refractivity contribution in [2.75, 3.05) is 14.2 Å². The Kier molecular flexibility index (Phi) is 4.90. The van der Waals surface area contributed by atoms with Crippen LogP contribution in [0.15, 0.2) is 39.4 Å². The van der Waals surface area contributed by atoms with Gasteiger partial charge in [-0.25, -0.2) is 0 Å². The number of alkyl halides is 1. The third-order valence-corrected chi connectivity index (χ3v) is 4.39. The average Bonchev–Trinajstić information content (AvgIpc) is 2.47. The Hall–Kier alpha value is -1.25. The van der Waals surface area contributed by atoms with Gasteiger partial charge in [-0.2, -0.15) is 0 Å². The molecule has 20 heavy (non-hydrogen) atoms. The number of rotatable bonds is 3. The zero-order valence-electron chi connectivity index (χ0n) is 11.3. The first-order valence-corrected chi connectivity index (χ1v) is 7.83. The summed E-state index contributed by atoms with van der Waals surface area (Å²) in [5.74, 6) is 0.103. The van der Waals surface area contributed by atoms with E-state index < -0.39 is 0 Å². The molecule has 0 radical (unpaired) electrons. The van der Waals surface area contributed by atoms with Crippen LogP contribution >= 0.6 is 11.6 Å². The monoisotopic (exact) mass is 354 g/mol. The summed E-state index contributed by atoms with van der Waals surface area (Å²) in [6.45, 7) is 0. The van der Waals surface area contributed by atoms with Crippen molar-refractivity contribution in [2.45, 2.75) is 11.9 Å². The Balaban J connectivity index is 2.36. The molecule has 0 bridgehead atoms. The maximum atomic E-state index is 11.9. The number of hydrogen-bond donors (Lipinski definition) is 0. The van der Waals surface area contributed by atoms with Crippen LogP contribution in [0.25, 0.3) is 0 Å². The fourth-order valence-electron chi connectivity index (χ4n) is 2.15. The molecular formula is C14H16AsClN2O2. The van der Waals surface area contributed by atoms with E-state index in [1.54, 1.807) is 0 Å². The van der Waals surface area contributed by atoms with Gasteiger partial charge in [0.1, 0.15) is 0 Å². The van der Waals surface area contributed by atoms with Gasteiger partial charge in [0.15, 0.2) is 0 Å². The summed E-state index contributed by atoms with van der Waals surface area (Å²) in [7, 11) is 3.25. The molecule has 1 aliphatic heterocycles. The number of halogens is 1. The average molecular weight is 355 g/mol. The molecule has 1 aliphatic rings. The van der Waals surface area contributed by atoms with E-state index in [4.69, 9.17) is 16.3 Å². The van der Waals surface area contributed by atoms with Crippen molar-refractivity contribution in [1.82, 2.24) is 4.90 Å². The van der Waals surface area contributed by atoms with Crippen LogP contribution < -0.4 is 0 Å². The van der Waals surface area contributed by atoms with E-state index in [0.717, 1.165) is 15.6 Å². The van der Waals surface area contributed by atoms with Gasteiger partial charge >= 0.3 is 132 Å². The number of likely N-dealkylation sites (N-methyl/N-ethyl adjacent to an activating group) is 1. The molecule has 1 aromatic rings. The van der Waals surface area contributed by atoms with Crippen molar-refractivity contribution in [2.24, 2.45) is 4.99 Å². The summed E-state index contributed by atoms with van der Waals surface area (Å²) in [6.07, 6.45) is 1.84. The standard InChI is InChI=1S/C14H16AsClN2O2/c1-18-11(10-5-3-4-9(6-10)7-16)8-17-13(15)12(18)14(19)20-2/h3-6,8,11H,7,15H2,1-2H3. The molecule has 0 saturated carbocycles. The van der Waals surface area contributed by atoms with E-state index in [0.29, 0.717) is 11.6 Å². The third-order valence-electron chi connectivity index (χ3n) is 3.19. The van der Waals surface area contributed by atoms with Crippen molar-refractivity contribution in [3.63, 3.8) is 0 Å². The zero-order valence-corrected chi connectivity index (χ0v) is 14.5. The number of esters is 1. The number of hydrogen-bond acceptors (Lipinski definition) is 4. The second kappa shape index (κ2) is 6.47. The van der Waals surface area contributed by atoms with Crippen molar-refractivity contribution >= 4 is 40.6 Å². The number of methoxy groups -OCH3 is 1. The Labute approximate surface area is 132 Å². The van der Waals surface area contributed by atoms with Gasteiger partial charge in [0.05, 0.1) is 0 Å². The van der Waals surface area contributed by atoms with E-state index in [9.17, 15) is 4.79 Å². The number of benzene rings is 1. The van der Waals surface area contributed by atoms with Crippen molar-refractivity contribution in [3.8, 4) is 0 Å². The second-order valence-corrected chi connectivity index (χ2v) is 5.85. The molecule has 0 N–H and O–H groups in total. The van der Waals surface area contributed by atoms with Crippen LogP contribution in [-0.4, -0.2) is 48.1 Å². The molecule has 0 aliphatic carbocycles. The summed E-state index contributed by atoms with van der Waals surface area (Å²) in [5, 5.41) is 0. The van der Waals surface area contributed by atoms with Gasteiger partial charge in [-0.3, -0.25) is 0 Å². The van der Waals surface area contributed by atoms with Crippen LogP contribution in [0.4, 0.5) is 0 Å². The van der Waals surface area contributed by atoms with E-state index in [2.05, 4.69) is 4.99 Å². The zero-order chi connectivity index (χ0) is 14.7. The summed E-state index contributed by atoms with van der Waals surface area (Å²) in [5.41, 5.74) is 2.60. The maximum absolute atomic E-state index is 11.9. The second-order valence-electron chi connectivity index (χ2n) is 4.44. The molecule has 2 atom stereocenters. The summed E-state index contributed by atoms with van der Waals surface area (Å²) in [4.78, 5) is 18.1. The topological polar surface area (TPSA) is 41.9 Å². The third kappa shape index (κ3) is 2.92. The predicted molar refractivity (Wildman–Crippen MR) is 82.6 cm³/mol. The van der Waals surface area contributed by atoms with Crippen molar-refractivity contribution in [3.05, 3.63) is 45.6 Å². The van der Waals surface area contributed by atoms with Crippen molar-refractivity contribution < 1.29 is 9.53 Å². The molecule has 4 nitrogen and oxygen atoms in total. The quantitative estimate of drug-likeness (QED) is 0.469. The van der Waals surface area contributed by atoms with E-state index in [-0.39, 0.29) is 12.0 Å². The van der Waals surface area contributed by atoms with Crippen LogP contribution in [-0.2, 0) is 15.4 Å². The van der Waals surface area contributed by atoms with E-state index in [1.807, 2.05) is 42.4 Å². The molecule has 1 aromatic carbocycles. The minimum atomic E-state index is -0.359. The Morgan fingerprint density at radius 2 is 2.30 bits per heavy atom. The van der Waals surface area contributed by atoms with E-state index >= 15 is 0 Å². The number of ether oxygens (including phenoxy) is 1. The number of carbonyl (C=O) groups excluding carboxylic acids is 1. The molecule has 2 unspecified atom stereocenters. The van der Waals surface area contributed by atoms with Crippen molar-refractivity contribution in [1.29, 1.82) is 0 Å². The summed E-state index contributed by atoms with van der Waals surface area (Å²) < 4.78 is 5.56. The van der Waals surface area contributed by atoms with Crippen LogP contribution in [0, 0.1) is 0 Å². The fraction of sp³-hybridized carbons (Fsp3) is 0.286. The fourth-order valence-corrected chi connectivity index (χ4v) is 3.17. The molecule has 106 valence electrons. The van der Waals surface area contributed by atoms with Gasteiger partial charge in [0, 0.05) is 0 Å². The Morgan fingerprint density at radius 3 is 2.95 bits per heavy atom. The number of carbonyl (C=O) groups is 1. The minimum absolute atomic E-state index is 0.0910. The molecular weight excluding hydrogens is 339 g/mol.